The van der Waals surface area contributed by atoms with E-state index in [2.05, 4.69) is 4.98 Å². The van der Waals surface area contributed by atoms with Crippen molar-refractivity contribution >= 4 is 17.4 Å². The highest BCUT2D eigenvalue weighted by atomic mass is 32.1. The molecule has 1 rings (SSSR count). The molecule has 0 aliphatic carbocycles. The van der Waals surface area contributed by atoms with E-state index < -0.39 is 11.6 Å². The van der Waals surface area contributed by atoms with Gasteiger partial charge in [-0.15, -0.1) is 11.3 Å². The molecule has 5 nitrogen and oxygen atoms in total. The molecule has 0 spiro atoms. The van der Waals surface area contributed by atoms with E-state index in [1.54, 1.807) is 5.51 Å². The van der Waals surface area contributed by atoms with Gasteiger partial charge in [-0.25, -0.2) is 9.78 Å². The number of hydrogen-bond donors (Lipinski definition) is 2. The molecule has 0 saturated heterocycles. The van der Waals surface area contributed by atoms with Crippen LogP contribution in [0.15, 0.2) is 10.9 Å². The molecular formula is C11H19N3O2S. The minimum Gasteiger partial charge on any atom is -0.465 e. The lowest BCUT2D eigenvalue weighted by Crippen LogP contribution is -2.50. The van der Waals surface area contributed by atoms with Crippen molar-refractivity contribution in [2.45, 2.75) is 38.8 Å². The SMILES string of the molecule is CC(C)(C)N(C[C@H](N)Cc1cscn1)C(=O)O. The van der Waals surface area contributed by atoms with Crippen LogP contribution in [0, 0.1) is 0 Å². The molecular weight excluding hydrogens is 238 g/mol. The Labute approximate surface area is 105 Å². The van der Waals surface area contributed by atoms with Gasteiger partial charge in [-0.1, -0.05) is 0 Å². The monoisotopic (exact) mass is 257 g/mol. The Kier molecular flexibility index (Phi) is 4.47. The third-order valence-electron chi connectivity index (χ3n) is 2.41. The first-order valence-electron chi connectivity index (χ1n) is 5.44. The molecule has 0 fully saturated rings. The molecule has 1 heterocycles. The van der Waals surface area contributed by atoms with E-state index in [-0.39, 0.29) is 6.04 Å². The lowest BCUT2D eigenvalue weighted by Gasteiger charge is -2.34. The molecule has 96 valence electrons. The lowest BCUT2D eigenvalue weighted by atomic mass is 10.0. The van der Waals surface area contributed by atoms with Gasteiger partial charge >= 0.3 is 6.09 Å². The van der Waals surface area contributed by atoms with E-state index in [0.29, 0.717) is 13.0 Å². The molecule has 0 bridgehead atoms. The number of thiazole rings is 1. The third kappa shape index (κ3) is 4.32. The van der Waals surface area contributed by atoms with Crippen molar-refractivity contribution in [3.63, 3.8) is 0 Å². The predicted molar refractivity (Wildman–Crippen MR) is 68.3 cm³/mol. The molecule has 0 aromatic carbocycles. The number of rotatable bonds is 4. The van der Waals surface area contributed by atoms with E-state index in [1.165, 1.54) is 16.2 Å². The molecule has 0 saturated carbocycles. The van der Waals surface area contributed by atoms with Gasteiger partial charge in [0.05, 0.1) is 11.2 Å². The molecule has 1 aromatic rings. The van der Waals surface area contributed by atoms with Crippen LogP contribution in [0.2, 0.25) is 0 Å². The van der Waals surface area contributed by atoms with Crippen molar-refractivity contribution in [1.82, 2.24) is 9.88 Å². The number of nitrogens with zero attached hydrogens (tertiary/aromatic N) is 2. The van der Waals surface area contributed by atoms with E-state index in [9.17, 15) is 4.79 Å². The van der Waals surface area contributed by atoms with Crippen LogP contribution in [0.3, 0.4) is 0 Å². The fourth-order valence-corrected chi connectivity index (χ4v) is 2.12. The van der Waals surface area contributed by atoms with Crippen molar-refractivity contribution in [2.75, 3.05) is 6.54 Å². The van der Waals surface area contributed by atoms with Gasteiger partial charge in [0.25, 0.3) is 0 Å². The highest BCUT2D eigenvalue weighted by molar-refractivity contribution is 7.07. The van der Waals surface area contributed by atoms with E-state index in [1.807, 2.05) is 26.2 Å². The molecule has 0 unspecified atom stereocenters. The Balaban J connectivity index is 2.59. The zero-order chi connectivity index (χ0) is 13.1. The number of nitrogens with two attached hydrogens (primary N) is 1. The topological polar surface area (TPSA) is 79.5 Å². The van der Waals surface area contributed by atoms with Gasteiger partial charge in [0, 0.05) is 29.9 Å². The van der Waals surface area contributed by atoms with Gasteiger partial charge in [-0.3, -0.25) is 0 Å². The Morgan fingerprint density at radius 3 is 2.71 bits per heavy atom. The normalized spacial score (nSPS) is 13.4. The summed E-state index contributed by atoms with van der Waals surface area (Å²) in [5, 5.41) is 11.1. The van der Waals surface area contributed by atoms with E-state index in [4.69, 9.17) is 10.8 Å². The standard InChI is InChI=1S/C11H19N3O2S/c1-11(2,3)14(10(15)16)5-8(12)4-9-6-17-7-13-9/h6-8H,4-5,12H2,1-3H3,(H,15,16)/t8-/m1/s1. The van der Waals surface area contributed by atoms with Crippen LogP contribution < -0.4 is 5.73 Å². The summed E-state index contributed by atoms with van der Waals surface area (Å²) in [5.41, 5.74) is 8.19. The second-order valence-electron chi connectivity index (χ2n) is 5.01. The minimum atomic E-state index is -0.939. The Hall–Kier alpha value is -1.14. The van der Waals surface area contributed by atoms with Crippen molar-refractivity contribution in [1.29, 1.82) is 0 Å². The van der Waals surface area contributed by atoms with Crippen molar-refractivity contribution in [3.05, 3.63) is 16.6 Å². The molecule has 0 aliphatic heterocycles. The van der Waals surface area contributed by atoms with Crippen LogP contribution in [-0.2, 0) is 6.42 Å². The maximum Gasteiger partial charge on any atom is 0.407 e. The van der Waals surface area contributed by atoms with Crippen LogP contribution in [0.1, 0.15) is 26.5 Å². The van der Waals surface area contributed by atoms with Crippen LogP contribution in [0.25, 0.3) is 0 Å². The molecule has 1 amide bonds. The van der Waals surface area contributed by atoms with Gasteiger partial charge in [-0.05, 0) is 20.8 Å². The number of hydrogen-bond acceptors (Lipinski definition) is 4. The molecule has 3 N–H and O–H groups in total. The molecule has 1 atom stereocenters. The summed E-state index contributed by atoms with van der Waals surface area (Å²) >= 11 is 1.52. The average Bonchev–Trinajstić information content (AvgIpc) is 2.64. The van der Waals surface area contributed by atoms with Crippen LogP contribution in [0.4, 0.5) is 4.79 Å². The summed E-state index contributed by atoms with van der Waals surface area (Å²) in [6.07, 6.45) is -0.338. The Morgan fingerprint density at radius 1 is 1.65 bits per heavy atom. The van der Waals surface area contributed by atoms with Gasteiger partial charge < -0.3 is 15.7 Å². The van der Waals surface area contributed by atoms with E-state index in [0.717, 1.165) is 5.69 Å². The van der Waals surface area contributed by atoms with Crippen LogP contribution in [0.5, 0.6) is 0 Å². The predicted octanol–water partition coefficient (Wildman–Crippen LogP) is 1.79. The van der Waals surface area contributed by atoms with Gasteiger partial charge in [0.2, 0.25) is 0 Å². The quantitative estimate of drug-likeness (QED) is 0.862. The Morgan fingerprint density at radius 2 is 2.29 bits per heavy atom. The number of aromatic nitrogens is 1. The average molecular weight is 257 g/mol. The maximum absolute atomic E-state index is 11.1. The van der Waals surface area contributed by atoms with Gasteiger partial charge in [0.15, 0.2) is 0 Å². The van der Waals surface area contributed by atoms with Gasteiger partial charge in [0.1, 0.15) is 0 Å². The zero-order valence-electron chi connectivity index (χ0n) is 10.4. The summed E-state index contributed by atoms with van der Waals surface area (Å²) in [6, 6.07) is -0.229. The largest absolute Gasteiger partial charge is 0.465 e. The molecule has 0 radical (unpaired) electrons. The summed E-state index contributed by atoms with van der Waals surface area (Å²) in [6.45, 7) is 5.89. The third-order valence-corrected chi connectivity index (χ3v) is 3.05. The fourth-order valence-electron chi connectivity index (χ4n) is 1.54. The first-order valence-corrected chi connectivity index (χ1v) is 6.38. The second kappa shape index (κ2) is 5.46. The molecule has 0 aliphatic rings. The second-order valence-corrected chi connectivity index (χ2v) is 5.73. The van der Waals surface area contributed by atoms with E-state index >= 15 is 0 Å². The van der Waals surface area contributed by atoms with Crippen molar-refractivity contribution < 1.29 is 9.90 Å². The van der Waals surface area contributed by atoms with Crippen LogP contribution in [-0.4, -0.2) is 39.2 Å². The molecule has 6 heteroatoms. The fraction of sp³-hybridized carbons (Fsp3) is 0.636. The lowest BCUT2D eigenvalue weighted by molar-refractivity contribution is 0.0959. The highest BCUT2D eigenvalue weighted by Gasteiger charge is 2.27. The van der Waals surface area contributed by atoms with Crippen LogP contribution >= 0.6 is 11.3 Å². The first-order chi connectivity index (χ1) is 7.80. The first kappa shape index (κ1) is 13.9. The summed E-state index contributed by atoms with van der Waals surface area (Å²) in [5.74, 6) is 0. The number of amides is 1. The molecule has 1 aromatic heterocycles. The van der Waals surface area contributed by atoms with Crippen molar-refractivity contribution in [2.24, 2.45) is 5.73 Å². The summed E-state index contributed by atoms with van der Waals surface area (Å²) in [4.78, 5) is 16.6. The maximum atomic E-state index is 11.1. The summed E-state index contributed by atoms with van der Waals surface area (Å²) < 4.78 is 0. The van der Waals surface area contributed by atoms with Gasteiger partial charge in [-0.2, -0.15) is 0 Å². The zero-order valence-corrected chi connectivity index (χ0v) is 11.2. The number of carbonyl (C=O) groups is 1. The summed E-state index contributed by atoms with van der Waals surface area (Å²) in [7, 11) is 0. The minimum absolute atomic E-state index is 0.229. The van der Waals surface area contributed by atoms with Crippen molar-refractivity contribution in [3.8, 4) is 0 Å². The molecule has 17 heavy (non-hydrogen) atoms. The Bertz CT molecular complexity index is 359. The smallest absolute Gasteiger partial charge is 0.407 e. The highest BCUT2D eigenvalue weighted by Crippen LogP contribution is 2.14. The number of carboxylic acid groups (broad SMARTS) is 1.